The minimum absolute atomic E-state index is 0.292. The van der Waals surface area contributed by atoms with E-state index in [0.717, 1.165) is 18.5 Å². The third-order valence-electron chi connectivity index (χ3n) is 13.1. The van der Waals surface area contributed by atoms with E-state index in [9.17, 15) is 0 Å². The number of aliphatic imine (C=N–C) groups is 1. The van der Waals surface area contributed by atoms with E-state index >= 15 is 0 Å². The van der Waals surface area contributed by atoms with Gasteiger partial charge in [-0.25, -0.2) is 0 Å². The highest BCUT2D eigenvalue weighted by molar-refractivity contribution is 7.26. The van der Waals surface area contributed by atoms with E-state index in [0.29, 0.717) is 23.7 Å². The summed E-state index contributed by atoms with van der Waals surface area (Å²) in [7, 11) is 0. The van der Waals surface area contributed by atoms with Gasteiger partial charge in [-0.1, -0.05) is 122 Å². The van der Waals surface area contributed by atoms with Gasteiger partial charge >= 0.3 is 0 Å². The molecule has 274 valence electrons. The largest absolute Gasteiger partial charge is 0.309 e. The zero-order valence-electron chi connectivity index (χ0n) is 31.9. The molecule has 0 amide bonds. The number of para-hydroxylation sites is 2. The van der Waals surface area contributed by atoms with Crippen molar-refractivity contribution in [2.75, 3.05) is 0 Å². The molecule has 0 N–H and O–H groups in total. The SMILES string of the molecule is CCC1/C(c2cc(-n3c4ccccc4c4ccccc43)cc3sc4ccccc4c23)=N\C(c2ccccc2)=C(/C)CC2C(c3ccc4c(c3)sc3ccccc34)C12. The summed E-state index contributed by atoms with van der Waals surface area (Å²) in [6.07, 6.45) is 2.10. The fourth-order valence-electron chi connectivity index (χ4n) is 10.6. The van der Waals surface area contributed by atoms with E-state index in [4.69, 9.17) is 4.99 Å². The molecule has 3 aromatic heterocycles. The second-order valence-electron chi connectivity index (χ2n) is 16.2. The molecule has 0 saturated heterocycles. The molecule has 0 bridgehead atoms. The van der Waals surface area contributed by atoms with E-state index in [-0.39, 0.29) is 0 Å². The van der Waals surface area contributed by atoms with Crippen LogP contribution in [0.2, 0.25) is 0 Å². The Hall–Kier alpha value is -5.81. The quantitative estimate of drug-likeness (QED) is 0.166. The molecule has 2 aliphatic rings. The van der Waals surface area contributed by atoms with Gasteiger partial charge in [0.25, 0.3) is 0 Å². The molecular weight excluding hydrogens is 729 g/mol. The summed E-state index contributed by atoms with van der Waals surface area (Å²) >= 11 is 3.85. The van der Waals surface area contributed by atoms with Gasteiger partial charge in [-0.2, -0.15) is 0 Å². The van der Waals surface area contributed by atoms with Crippen molar-refractivity contribution in [3.8, 4) is 5.69 Å². The van der Waals surface area contributed by atoms with Crippen LogP contribution in [0.15, 0.2) is 168 Å². The van der Waals surface area contributed by atoms with Gasteiger partial charge in [0, 0.05) is 73.8 Å². The van der Waals surface area contributed by atoms with Gasteiger partial charge in [0.2, 0.25) is 0 Å². The van der Waals surface area contributed by atoms with Gasteiger partial charge in [0.15, 0.2) is 0 Å². The second kappa shape index (κ2) is 12.9. The summed E-state index contributed by atoms with van der Waals surface area (Å²) in [4.78, 5) is 5.97. The average Bonchev–Trinajstić information content (AvgIpc) is 3.50. The molecule has 0 spiro atoms. The highest BCUT2D eigenvalue weighted by Gasteiger charge is 2.56. The highest BCUT2D eigenvalue weighted by Crippen LogP contribution is 2.63. The van der Waals surface area contributed by atoms with Crippen molar-refractivity contribution < 1.29 is 0 Å². The molecule has 2 nitrogen and oxygen atoms in total. The highest BCUT2D eigenvalue weighted by atomic mass is 32.1. The lowest BCUT2D eigenvalue weighted by Gasteiger charge is -2.24. The summed E-state index contributed by atoms with van der Waals surface area (Å²) in [6, 6.07) is 58.9. The molecule has 10 aromatic rings. The maximum atomic E-state index is 5.97. The Labute approximate surface area is 340 Å². The molecule has 0 radical (unpaired) electrons. The number of fused-ring (bicyclic) bond motifs is 10. The van der Waals surface area contributed by atoms with Crippen LogP contribution in [0.3, 0.4) is 0 Å². The number of rotatable bonds is 5. The summed E-state index contributed by atoms with van der Waals surface area (Å²) in [6.45, 7) is 4.75. The van der Waals surface area contributed by atoms with Crippen molar-refractivity contribution in [1.82, 2.24) is 4.57 Å². The van der Waals surface area contributed by atoms with Gasteiger partial charge in [-0.3, -0.25) is 4.99 Å². The maximum Gasteiger partial charge on any atom is 0.0694 e. The predicted octanol–water partition coefficient (Wildman–Crippen LogP) is 15.2. The molecule has 1 fully saturated rings. The van der Waals surface area contributed by atoms with E-state index in [1.54, 1.807) is 0 Å². The summed E-state index contributed by atoms with van der Waals surface area (Å²) < 4.78 is 7.89. The molecule has 7 aromatic carbocycles. The van der Waals surface area contributed by atoms with Crippen molar-refractivity contribution in [2.24, 2.45) is 22.7 Å². The number of thiophene rings is 2. The van der Waals surface area contributed by atoms with Crippen LogP contribution < -0.4 is 0 Å². The molecule has 4 unspecified atom stereocenters. The van der Waals surface area contributed by atoms with Crippen molar-refractivity contribution in [1.29, 1.82) is 0 Å². The monoisotopic (exact) mass is 768 g/mol. The molecule has 4 atom stereocenters. The number of allylic oxidation sites excluding steroid dienone is 1. The fourth-order valence-corrected chi connectivity index (χ4v) is 12.9. The Bertz CT molecular complexity index is 3250. The zero-order chi connectivity index (χ0) is 37.8. The van der Waals surface area contributed by atoms with E-state index < -0.39 is 0 Å². The lowest BCUT2D eigenvalue weighted by atomic mass is 9.84. The van der Waals surface area contributed by atoms with Gasteiger partial charge in [-0.05, 0) is 91.1 Å². The maximum absolute atomic E-state index is 5.97. The summed E-state index contributed by atoms with van der Waals surface area (Å²) in [5.41, 5.74) is 11.4. The Kier molecular flexibility index (Phi) is 7.52. The molecular formula is C53H40N2S2. The van der Waals surface area contributed by atoms with E-state index in [2.05, 4.69) is 176 Å². The minimum atomic E-state index is 0.292. The third-order valence-corrected chi connectivity index (χ3v) is 15.3. The van der Waals surface area contributed by atoms with Crippen LogP contribution in [0.25, 0.3) is 73.5 Å². The Morgan fingerprint density at radius 3 is 1.95 bits per heavy atom. The minimum Gasteiger partial charge on any atom is -0.309 e. The zero-order valence-corrected chi connectivity index (χ0v) is 33.6. The molecule has 12 rings (SSSR count). The van der Waals surface area contributed by atoms with Gasteiger partial charge in [-0.15, -0.1) is 22.7 Å². The Morgan fingerprint density at radius 1 is 0.596 bits per heavy atom. The molecule has 1 aliphatic carbocycles. The molecule has 1 aliphatic heterocycles. The number of hydrogen-bond acceptors (Lipinski definition) is 3. The van der Waals surface area contributed by atoms with Crippen LogP contribution in [-0.2, 0) is 0 Å². The first-order chi connectivity index (χ1) is 28.1. The van der Waals surface area contributed by atoms with Crippen molar-refractivity contribution >= 4 is 96.2 Å². The van der Waals surface area contributed by atoms with Crippen LogP contribution >= 0.6 is 22.7 Å². The number of benzene rings is 7. The number of nitrogens with zero attached hydrogens (tertiary/aromatic N) is 2. The van der Waals surface area contributed by atoms with Crippen LogP contribution in [0, 0.1) is 17.8 Å². The smallest absolute Gasteiger partial charge is 0.0694 e. The summed E-state index contributed by atoms with van der Waals surface area (Å²) in [5.74, 6) is 1.83. The fraction of sp³-hybridized carbons (Fsp3) is 0.151. The molecule has 4 heteroatoms. The second-order valence-corrected chi connectivity index (χ2v) is 18.3. The first-order valence-electron chi connectivity index (χ1n) is 20.3. The average molecular weight is 769 g/mol. The van der Waals surface area contributed by atoms with Crippen molar-refractivity contribution in [2.45, 2.75) is 32.6 Å². The van der Waals surface area contributed by atoms with Gasteiger partial charge in [0.05, 0.1) is 22.4 Å². The van der Waals surface area contributed by atoms with Crippen molar-refractivity contribution in [3.63, 3.8) is 0 Å². The van der Waals surface area contributed by atoms with E-state index in [1.165, 1.54) is 95.8 Å². The molecule has 4 heterocycles. The van der Waals surface area contributed by atoms with Crippen molar-refractivity contribution in [3.05, 3.63) is 180 Å². The van der Waals surface area contributed by atoms with Crippen LogP contribution in [0.1, 0.15) is 49.3 Å². The van der Waals surface area contributed by atoms with Crippen LogP contribution in [-0.4, -0.2) is 10.3 Å². The Balaban J connectivity index is 1.12. The standard InChI is InChI=1S/C53H40N2S2/c1-3-35-51-41(49(51)33-25-26-39-38-19-9-13-23-45(38)56-47(39)28-33)27-31(2)52(32-15-5-4-6-16-32)54-53(35)42-29-34(30-48-50(42)40-20-10-14-24-46(40)57-48)55-43-21-11-7-17-36(43)37-18-8-12-22-44(37)55/h4-26,28-30,35,41,49,51H,3,27H2,1-2H3/b52-31+,54-53+. The lowest BCUT2D eigenvalue weighted by molar-refractivity contribution is 0.531. The molecule has 57 heavy (non-hydrogen) atoms. The van der Waals surface area contributed by atoms with Gasteiger partial charge in [0.1, 0.15) is 0 Å². The summed E-state index contributed by atoms with van der Waals surface area (Å²) in [5, 5.41) is 7.97. The van der Waals surface area contributed by atoms with Crippen LogP contribution in [0.4, 0.5) is 0 Å². The number of aromatic nitrogens is 1. The third kappa shape index (κ3) is 5.10. The number of hydrogen-bond donors (Lipinski definition) is 0. The Morgan fingerprint density at radius 2 is 1.21 bits per heavy atom. The van der Waals surface area contributed by atoms with Crippen LogP contribution in [0.5, 0.6) is 0 Å². The lowest BCUT2D eigenvalue weighted by Crippen LogP contribution is -2.21. The molecule has 1 saturated carbocycles. The first kappa shape index (κ1) is 33.3. The first-order valence-corrected chi connectivity index (χ1v) is 22.0. The topological polar surface area (TPSA) is 17.3 Å². The normalized spacial score (nSPS) is 22.0. The van der Waals surface area contributed by atoms with E-state index in [1.807, 2.05) is 22.7 Å². The van der Waals surface area contributed by atoms with Gasteiger partial charge < -0.3 is 4.57 Å². The predicted molar refractivity (Wildman–Crippen MR) is 247 cm³/mol.